The lowest BCUT2D eigenvalue weighted by Crippen LogP contribution is -2.45. The van der Waals surface area contributed by atoms with Crippen LogP contribution >= 0.6 is 0 Å². The number of fused-ring (bicyclic) bond motifs is 1. The van der Waals surface area contributed by atoms with Gasteiger partial charge in [-0.1, -0.05) is 6.92 Å². The summed E-state index contributed by atoms with van der Waals surface area (Å²) in [6, 6.07) is 0. The third-order valence-electron chi connectivity index (χ3n) is 3.93. The minimum Gasteiger partial charge on any atom is -0.340 e. The number of aryl methyl sites for hydroxylation is 1. The van der Waals surface area contributed by atoms with Crippen LogP contribution < -0.4 is 15.8 Å². The van der Waals surface area contributed by atoms with E-state index in [9.17, 15) is 4.79 Å². The Kier molecular flexibility index (Phi) is 3.07. The van der Waals surface area contributed by atoms with Crippen molar-refractivity contribution in [1.29, 1.82) is 0 Å². The van der Waals surface area contributed by atoms with Crippen molar-refractivity contribution in [2.24, 2.45) is 5.92 Å². The van der Waals surface area contributed by atoms with Gasteiger partial charge in [0.05, 0.1) is 5.69 Å². The molecule has 0 radical (unpaired) electrons. The number of anilines is 1. The number of nitrogens with one attached hydrogen (secondary N) is 2. The maximum atomic E-state index is 12.1. The normalized spacial score (nSPS) is 23.8. The predicted molar refractivity (Wildman–Crippen MR) is 71.1 cm³/mol. The molecule has 2 heterocycles. The highest BCUT2D eigenvalue weighted by Gasteiger charge is 2.22. The first-order chi connectivity index (χ1) is 8.74. The standard InChI is InChI=1S/C13H20N4O/c1-9-2-3-11-10(8-9)12(18)16-13(15-11)17-6-4-14-5-7-17/h9,14H,2-8H2,1H3,(H,15,16,18). The van der Waals surface area contributed by atoms with Crippen molar-refractivity contribution in [3.05, 3.63) is 21.6 Å². The van der Waals surface area contributed by atoms with Crippen LogP contribution in [0, 0.1) is 5.92 Å². The van der Waals surface area contributed by atoms with Crippen LogP contribution in [0.4, 0.5) is 5.95 Å². The zero-order valence-electron chi connectivity index (χ0n) is 10.8. The summed E-state index contributed by atoms with van der Waals surface area (Å²) in [7, 11) is 0. The van der Waals surface area contributed by atoms with Crippen LogP contribution in [-0.2, 0) is 12.8 Å². The summed E-state index contributed by atoms with van der Waals surface area (Å²) < 4.78 is 0. The van der Waals surface area contributed by atoms with E-state index in [1.165, 1.54) is 0 Å². The first kappa shape index (κ1) is 11.7. The number of hydrogen-bond donors (Lipinski definition) is 2. The Morgan fingerprint density at radius 2 is 2.11 bits per heavy atom. The van der Waals surface area contributed by atoms with Crippen LogP contribution in [-0.4, -0.2) is 36.1 Å². The van der Waals surface area contributed by atoms with E-state index < -0.39 is 0 Å². The SMILES string of the molecule is CC1CCc2nc(N3CCNCC3)[nH]c(=O)c2C1. The summed E-state index contributed by atoms with van der Waals surface area (Å²) in [6.07, 6.45) is 2.96. The topological polar surface area (TPSA) is 61.0 Å². The van der Waals surface area contributed by atoms with Crippen molar-refractivity contribution in [2.75, 3.05) is 31.1 Å². The molecule has 0 bridgehead atoms. The zero-order chi connectivity index (χ0) is 12.5. The van der Waals surface area contributed by atoms with Gasteiger partial charge < -0.3 is 10.2 Å². The van der Waals surface area contributed by atoms with E-state index in [0.29, 0.717) is 5.92 Å². The Bertz CT molecular complexity index is 490. The molecule has 3 rings (SSSR count). The van der Waals surface area contributed by atoms with E-state index in [2.05, 4.69) is 27.1 Å². The molecule has 5 nitrogen and oxygen atoms in total. The van der Waals surface area contributed by atoms with Crippen LogP contribution in [0.5, 0.6) is 0 Å². The van der Waals surface area contributed by atoms with Gasteiger partial charge in [0.25, 0.3) is 5.56 Å². The molecule has 0 aromatic carbocycles. The lowest BCUT2D eigenvalue weighted by atomic mass is 9.89. The Labute approximate surface area is 107 Å². The van der Waals surface area contributed by atoms with Crippen molar-refractivity contribution in [3.63, 3.8) is 0 Å². The van der Waals surface area contributed by atoms with Crippen LogP contribution in [0.3, 0.4) is 0 Å². The lowest BCUT2D eigenvalue weighted by Gasteiger charge is -2.29. The molecule has 1 atom stereocenters. The van der Waals surface area contributed by atoms with Crippen molar-refractivity contribution in [1.82, 2.24) is 15.3 Å². The molecule has 2 aliphatic rings. The summed E-state index contributed by atoms with van der Waals surface area (Å²) in [5, 5.41) is 3.31. The lowest BCUT2D eigenvalue weighted by molar-refractivity contribution is 0.487. The summed E-state index contributed by atoms with van der Waals surface area (Å²) >= 11 is 0. The number of hydrogen-bond acceptors (Lipinski definition) is 4. The Hall–Kier alpha value is -1.36. The van der Waals surface area contributed by atoms with Gasteiger partial charge in [-0.2, -0.15) is 0 Å². The fraction of sp³-hybridized carbons (Fsp3) is 0.692. The highest BCUT2D eigenvalue weighted by Crippen LogP contribution is 2.22. The van der Waals surface area contributed by atoms with Crippen LogP contribution in [0.2, 0.25) is 0 Å². The number of H-pyrrole nitrogens is 1. The number of nitrogens with zero attached hydrogens (tertiary/aromatic N) is 2. The first-order valence-electron chi connectivity index (χ1n) is 6.82. The third kappa shape index (κ3) is 2.14. The number of piperazine rings is 1. The van der Waals surface area contributed by atoms with Crippen LogP contribution in [0.15, 0.2) is 4.79 Å². The summed E-state index contributed by atoms with van der Waals surface area (Å²) in [5.41, 5.74) is 2.00. The molecule has 0 amide bonds. The quantitative estimate of drug-likeness (QED) is 0.750. The van der Waals surface area contributed by atoms with Crippen molar-refractivity contribution in [2.45, 2.75) is 26.2 Å². The van der Waals surface area contributed by atoms with E-state index in [4.69, 9.17) is 0 Å². The fourth-order valence-electron chi connectivity index (χ4n) is 2.81. The molecule has 98 valence electrons. The van der Waals surface area contributed by atoms with Gasteiger partial charge >= 0.3 is 0 Å². The summed E-state index contributed by atoms with van der Waals surface area (Å²) in [4.78, 5) is 21.9. The molecular weight excluding hydrogens is 228 g/mol. The molecular formula is C13H20N4O. The molecule has 1 saturated heterocycles. The first-order valence-corrected chi connectivity index (χ1v) is 6.82. The second-order valence-corrected chi connectivity index (χ2v) is 5.40. The van der Waals surface area contributed by atoms with Gasteiger partial charge in [-0.3, -0.25) is 9.78 Å². The van der Waals surface area contributed by atoms with Crippen molar-refractivity contribution >= 4 is 5.95 Å². The van der Waals surface area contributed by atoms with Gasteiger partial charge in [0.1, 0.15) is 0 Å². The highest BCUT2D eigenvalue weighted by atomic mass is 16.1. The maximum Gasteiger partial charge on any atom is 0.255 e. The zero-order valence-corrected chi connectivity index (χ0v) is 10.8. The van der Waals surface area contributed by atoms with Crippen molar-refractivity contribution < 1.29 is 0 Å². The summed E-state index contributed by atoms with van der Waals surface area (Å²) in [6.45, 7) is 5.94. The monoisotopic (exact) mass is 248 g/mol. The minimum absolute atomic E-state index is 0.0695. The molecule has 1 aliphatic heterocycles. The van der Waals surface area contributed by atoms with Crippen molar-refractivity contribution in [3.8, 4) is 0 Å². The number of aromatic nitrogens is 2. The molecule has 1 unspecified atom stereocenters. The molecule has 0 saturated carbocycles. The minimum atomic E-state index is 0.0695. The molecule has 1 aliphatic carbocycles. The van der Waals surface area contributed by atoms with Gasteiger partial charge in [-0.15, -0.1) is 0 Å². The van der Waals surface area contributed by atoms with Crippen LogP contribution in [0.25, 0.3) is 0 Å². The van der Waals surface area contributed by atoms with Gasteiger partial charge in [0, 0.05) is 31.7 Å². The molecule has 1 fully saturated rings. The molecule has 0 spiro atoms. The Morgan fingerprint density at radius 3 is 2.89 bits per heavy atom. The van der Waals surface area contributed by atoms with E-state index in [1.807, 2.05) is 0 Å². The van der Waals surface area contributed by atoms with Gasteiger partial charge in [0.2, 0.25) is 5.95 Å². The average Bonchev–Trinajstić information content (AvgIpc) is 2.40. The second-order valence-electron chi connectivity index (χ2n) is 5.40. The smallest absolute Gasteiger partial charge is 0.255 e. The molecule has 5 heteroatoms. The van der Waals surface area contributed by atoms with E-state index in [-0.39, 0.29) is 5.56 Å². The largest absolute Gasteiger partial charge is 0.340 e. The van der Waals surface area contributed by atoms with Gasteiger partial charge in [-0.05, 0) is 25.2 Å². The average molecular weight is 248 g/mol. The second kappa shape index (κ2) is 4.72. The number of aromatic amines is 1. The summed E-state index contributed by atoms with van der Waals surface area (Å²) in [5.74, 6) is 1.36. The van der Waals surface area contributed by atoms with E-state index in [1.54, 1.807) is 0 Å². The third-order valence-corrected chi connectivity index (χ3v) is 3.93. The molecule has 1 aromatic rings. The highest BCUT2D eigenvalue weighted by molar-refractivity contribution is 5.35. The molecule has 18 heavy (non-hydrogen) atoms. The Morgan fingerprint density at radius 1 is 1.33 bits per heavy atom. The van der Waals surface area contributed by atoms with Gasteiger partial charge in [0.15, 0.2) is 0 Å². The number of rotatable bonds is 1. The maximum absolute atomic E-state index is 12.1. The van der Waals surface area contributed by atoms with Gasteiger partial charge in [-0.25, -0.2) is 4.98 Å². The molecule has 2 N–H and O–H groups in total. The predicted octanol–water partition coefficient (Wildman–Crippen LogP) is 0.304. The van der Waals surface area contributed by atoms with Crippen LogP contribution in [0.1, 0.15) is 24.6 Å². The molecule has 1 aromatic heterocycles. The Balaban J connectivity index is 1.93. The fourth-order valence-corrected chi connectivity index (χ4v) is 2.81. The van der Waals surface area contributed by atoms with E-state index >= 15 is 0 Å². The van der Waals surface area contributed by atoms with E-state index in [0.717, 1.165) is 62.6 Å².